The van der Waals surface area contributed by atoms with Gasteiger partial charge >= 0.3 is 0 Å². The molecule has 1 aliphatic rings. The number of hydrogen-bond donors (Lipinski definition) is 1. The van der Waals surface area contributed by atoms with Gasteiger partial charge in [0.1, 0.15) is 0 Å². The number of piperazine rings is 1. The number of benzene rings is 1. The third-order valence-corrected chi connectivity index (χ3v) is 4.45. The van der Waals surface area contributed by atoms with Gasteiger partial charge in [0.25, 0.3) is 0 Å². The molecule has 1 aromatic rings. The van der Waals surface area contributed by atoms with E-state index in [1.807, 2.05) is 6.07 Å². The molecule has 0 saturated carbocycles. The predicted octanol–water partition coefficient (Wildman–Crippen LogP) is 3.23. The number of nitrogens with one attached hydrogen (secondary N) is 1. The molecule has 0 aromatic heterocycles. The molecule has 1 saturated heterocycles. The number of halogens is 1. The van der Waals surface area contributed by atoms with Crippen LogP contribution in [0.5, 0.6) is 0 Å². The number of likely N-dealkylation sites (N-methyl/N-ethyl adjacent to an activating group) is 1. The summed E-state index contributed by atoms with van der Waals surface area (Å²) in [5.74, 6) is 0.663. The summed E-state index contributed by atoms with van der Waals surface area (Å²) >= 11 is 6.19. The molecule has 0 amide bonds. The minimum Gasteiger partial charge on any atom is -0.368 e. The lowest BCUT2D eigenvalue weighted by molar-refractivity contribution is 0.234. The second kappa shape index (κ2) is 7.48. The lowest BCUT2D eigenvalue weighted by Crippen LogP contribution is -2.50. The van der Waals surface area contributed by atoms with E-state index in [0.29, 0.717) is 12.0 Å². The van der Waals surface area contributed by atoms with E-state index in [0.717, 1.165) is 37.7 Å². The van der Waals surface area contributed by atoms with Crippen LogP contribution in [0.25, 0.3) is 0 Å². The highest BCUT2D eigenvalue weighted by molar-refractivity contribution is 6.30. The molecule has 1 heterocycles. The summed E-state index contributed by atoms with van der Waals surface area (Å²) in [6.07, 6.45) is 0. The SMILES string of the molecule is CC(C)CNCc1cc(Cl)ccc1N1CCN(C)C(C)C1. The molecule has 21 heavy (non-hydrogen) atoms. The second-order valence-corrected chi connectivity index (χ2v) is 7.01. The van der Waals surface area contributed by atoms with Gasteiger partial charge in [-0.15, -0.1) is 0 Å². The Kier molecular flexibility index (Phi) is 5.91. The summed E-state index contributed by atoms with van der Waals surface area (Å²) in [5, 5.41) is 4.35. The highest BCUT2D eigenvalue weighted by atomic mass is 35.5. The summed E-state index contributed by atoms with van der Waals surface area (Å²) in [5.41, 5.74) is 2.63. The van der Waals surface area contributed by atoms with Crippen LogP contribution in [0.15, 0.2) is 18.2 Å². The Morgan fingerprint density at radius 2 is 2.10 bits per heavy atom. The number of nitrogens with zero attached hydrogens (tertiary/aromatic N) is 2. The molecule has 0 spiro atoms. The predicted molar refractivity (Wildman–Crippen MR) is 92.3 cm³/mol. The molecule has 1 unspecified atom stereocenters. The fraction of sp³-hybridized carbons (Fsp3) is 0.647. The highest BCUT2D eigenvalue weighted by Gasteiger charge is 2.22. The van der Waals surface area contributed by atoms with Crippen LogP contribution in [0.4, 0.5) is 5.69 Å². The van der Waals surface area contributed by atoms with Crippen molar-refractivity contribution in [3.8, 4) is 0 Å². The van der Waals surface area contributed by atoms with Crippen molar-refractivity contribution in [3.63, 3.8) is 0 Å². The van der Waals surface area contributed by atoms with Gasteiger partial charge in [-0.25, -0.2) is 0 Å². The molecule has 3 nitrogen and oxygen atoms in total. The molecule has 0 radical (unpaired) electrons. The summed E-state index contributed by atoms with van der Waals surface area (Å²) in [6.45, 7) is 11.9. The fourth-order valence-electron chi connectivity index (χ4n) is 2.77. The third-order valence-electron chi connectivity index (χ3n) is 4.21. The van der Waals surface area contributed by atoms with Crippen LogP contribution in [0.1, 0.15) is 26.3 Å². The van der Waals surface area contributed by atoms with Crippen molar-refractivity contribution >= 4 is 17.3 Å². The lowest BCUT2D eigenvalue weighted by atomic mass is 10.1. The minimum absolute atomic E-state index is 0.589. The van der Waals surface area contributed by atoms with E-state index in [1.165, 1.54) is 11.3 Å². The van der Waals surface area contributed by atoms with E-state index in [2.05, 4.69) is 55.1 Å². The van der Waals surface area contributed by atoms with Gasteiger partial charge in [-0.1, -0.05) is 25.4 Å². The molecule has 1 atom stereocenters. The first-order valence-electron chi connectivity index (χ1n) is 7.91. The van der Waals surface area contributed by atoms with Crippen molar-refractivity contribution < 1.29 is 0 Å². The molecular formula is C17H28ClN3. The van der Waals surface area contributed by atoms with E-state index >= 15 is 0 Å². The molecule has 0 aliphatic carbocycles. The Bertz CT molecular complexity index is 461. The zero-order valence-corrected chi connectivity index (χ0v) is 14.5. The van der Waals surface area contributed by atoms with Crippen molar-refractivity contribution in [2.24, 2.45) is 5.92 Å². The van der Waals surface area contributed by atoms with E-state index in [1.54, 1.807) is 0 Å². The van der Waals surface area contributed by atoms with Gasteiger partial charge in [-0.05, 0) is 50.2 Å². The van der Waals surface area contributed by atoms with Crippen LogP contribution in [0.2, 0.25) is 5.02 Å². The van der Waals surface area contributed by atoms with Gasteiger partial charge in [0.05, 0.1) is 0 Å². The van der Waals surface area contributed by atoms with Crippen molar-refractivity contribution in [3.05, 3.63) is 28.8 Å². The molecule has 4 heteroatoms. The van der Waals surface area contributed by atoms with Crippen molar-refractivity contribution in [2.45, 2.75) is 33.4 Å². The minimum atomic E-state index is 0.589. The standard InChI is InChI=1S/C17H28ClN3/c1-13(2)10-19-11-15-9-16(18)5-6-17(15)21-8-7-20(4)14(3)12-21/h5-6,9,13-14,19H,7-8,10-12H2,1-4H3. The van der Waals surface area contributed by atoms with Crippen LogP contribution < -0.4 is 10.2 Å². The van der Waals surface area contributed by atoms with Crippen molar-refractivity contribution in [2.75, 3.05) is 38.1 Å². The van der Waals surface area contributed by atoms with Gasteiger partial charge in [-0.2, -0.15) is 0 Å². The van der Waals surface area contributed by atoms with Crippen LogP contribution in [-0.4, -0.2) is 44.2 Å². The van der Waals surface area contributed by atoms with Gasteiger partial charge in [0.2, 0.25) is 0 Å². The van der Waals surface area contributed by atoms with Crippen LogP contribution in [0.3, 0.4) is 0 Å². The van der Waals surface area contributed by atoms with E-state index in [9.17, 15) is 0 Å². The van der Waals surface area contributed by atoms with Gasteiger partial charge in [0, 0.05) is 42.9 Å². The second-order valence-electron chi connectivity index (χ2n) is 6.57. The Morgan fingerprint density at radius 3 is 2.76 bits per heavy atom. The molecule has 1 fully saturated rings. The maximum atomic E-state index is 6.19. The molecule has 1 N–H and O–H groups in total. The first kappa shape index (κ1) is 16.6. The summed E-state index contributed by atoms with van der Waals surface area (Å²) in [6, 6.07) is 6.87. The average Bonchev–Trinajstić information content (AvgIpc) is 2.42. The normalized spacial score (nSPS) is 20.3. The van der Waals surface area contributed by atoms with Crippen molar-refractivity contribution in [1.82, 2.24) is 10.2 Å². The molecular weight excluding hydrogens is 282 g/mol. The maximum Gasteiger partial charge on any atom is 0.0413 e. The molecule has 1 aromatic carbocycles. The number of rotatable bonds is 5. The summed E-state index contributed by atoms with van der Waals surface area (Å²) < 4.78 is 0. The topological polar surface area (TPSA) is 18.5 Å². The quantitative estimate of drug-likeness (QED) is 0.901. The smallest absolute Gasteiger partial charge is 0.0413 e. The first-order chi connectivity index (χ1) is 9.97. The third kappa shape index (κ3) is 4.60. The van der Waals surface area contributed by atoms with E-state index in [4.69, 9.17) is 11.6 Å². The highest BCUT2D eigenvalue weighted by Crippen LogP contribution is 2.26. The summed E-state index contributed by atoms with van der Waals surface area (Å²) in [7, 11) is 2.20. The van der Waals surface area contributed by atoms with Crippen molar-refractivity contribution in [1.29, 1.82) is 0 Å². The van der Waals surface area contributed by atoms with E-state index < -0.39 is 0 Å². The molecule has 0 bridgehead atoms. The van der Waals surface area contributed by atoms with Crippen LogP contribution in [-0.2, 0) is 6.54 Å². The number of anilines is 1. The molecule has 118 valence electrons. The Balaban J connectivity index is 2.11. The van der Waals surface area contributed by atoms with E-state index in [-0.39, 0.29) is 0 Å². The maximum absolute atomic E-state index is 6.19. The zero-order valence-electron chi connectivity index (χ0n) is 13.7. The van der Waals surface area contributed by atoms with Crippen LogP contribution >= 0.6 is 11.6 Å². The van der Waals surface area contributed by atoms with Gasteiger partial charge < -0.3 is 15.1 Å². The lowest BCUT2D eigenvalue weighted by Gasteiger charge is -2.39. The van der Waals surface area contributed by atoms with Gasteiger partial charge in [0.15, 0.2) is 0 Å². The Morgan fingerprint density at radius 1 is 1.33 bits per heavy atom. The first-order valence-corrected chi connectivity index (χ1v) is 8.29. The largest absolute Gasteiger partial charge is 0.368 e. The average molecular weight is 310 g/mol. The Hall–Kier alpha value is -0.770. The number of hydrogen-bond acceptors (Lipinski definition) is 3. The molecule has 2 rings (SSSR count). The molecule has 1 aliphatic heterocycles. The van der Waals surface area contributed by atoms with Gasteiger partial charge in [-0.3, -0.25) is 0 Å². The zero-order chi connectivity index (χ0) is 15.4. The fourth-order valence-corrected chi connectivity index (χ4v) is 2.96. The Labute approximate surface area is 134 Å². The monoisotopic (exact) mass is 309 g/mol. The summed E-state index contributed by atoms with van der Waals surface area (Å²) in [4.78, 5) is 4.91. The van der Waals surface area contributed by atoms with Crippen LogP contribution in [0, 0.1) is 5.92 Å².